The van der Waals surface area contributed by atoms with Crippen molar-refractivity contribution in [2.45, 2.75) is 18.9 Å². The molecule has 1 fully saturated rings. The highest BCUT2D eigenvalue weighted by atomic mass is 35.5. The minimum atomic E-state index is 0.213. The standard InChI is InChI=1S/C13H13ClN2O3/c14-10-3-1-2-4-11(10)18-8-12-15-13(16-19-12)9-5-6-17-7-9/h1-4,9H,5-8H2/t9-/m1/s1. The quantitative estimate of drug-likeness (QED) is 0.862. The van der Waals surface area contributed by atoms with Crippen LogP contribution in [0.25, 0.3) is 0 Å². The summed E-state index contributed by atoms with van der Waals surface area (Å²) in [6.45, 7) is 1.62. The van der Waals surface area contributed by atoms with Gasteiger partial charge in [0.2, 0.25) is 0 Å². The molecule has 2 heterocycles. The van der Waals surface area contributed by atoms with Gasteiger partial charge in [-0.05, 0) is 18.6 Å². The van der Waals surface area contributed by atoms with Gasteiger partial charge in [-0.2, -0.15) is 4.98 Å². The highest BCUT2D eigenvalue weighted by molar-refractivity contribution is 6.32. The van der Waals surface area contributed by atoms with Crippen molar-refractivity contribution in [3.05, 3.63) is 41.0 Å². The van der Waals surface area contributed by atoms with E-state index in [9.17, 15) is 0 Å². The Labute approximate surface area is 115 Å². The van der Waals surface area contributed by atoms with Crippen molar-refractivity contribution < 1.29 is 14.0 Å². The van der Waals surface area contributed by atoms with Gasteiger partial charge in [0.1, 0.15) is 5.75 Å². The third-order valence-electron chi connectivity index (χ3n) is 2.97. The molecule has 0 amide bonds. The van der Waals surface area contributed by atoms with Crippen LogP contribution in [-0.4, -0.2) is 23.4 Å². The molecule has 5 nitrogen and oxygen atoms in total. The predicted octanol–water partition coefficient (Wildman–Crippen LogP) is 2.81. The maximum Gasteiger partial charge on any atom is 0.264 e. The van der Waals surface area contributed by atoms with Crippen LogP contribution in [0.1, 0.15) is 24.1 Å². The Morgan fingerprint density at radius 1 is 1.37 bits per heavy atom. The van der Waals surface area contributed by atoms with Crippen LogP contribution in [-0.2, 0) is 11.3 Å². The molecule has 0 radical (unpaired) electrons. The number of hydrogen-bond donors (Lipinski definition) is 0. The summed E-state index contributed by atoms with van der Waals surface area (Å²) in [5.74, 6) is 1.98. The Morgan fingerprint density at radius 2 is 2.26 bits per heavy atom. The van der Waals surface area contributed by atoms with Gasteiger partial charge in [-0.25, -0.2) is 0 Å². The van der Waals surface area contributed by atoms with E-state index >= 15 is 0 Å². The van der Waals surface area contributed by atoms with Crippen LogP contribution in [0.15, 0.2) is 28.8 Å². The van der Waals surface area contributed by atoms with Gasteiger partial charge in [0.25, 0.3) is 5.89 Å². The van der Waals surface area contributed by atoms with E-state index in [0.29, 0.717) is 29.1 Å². The molecule has 0 bridgehead atoms. The summed E-state index contributed by atoms with van der Waals surface area (Å²) in [5, 5.41) is 4.52. The highest BCUT2D eigenvalue weighted by Gasteiger charge is 2.23. The highest BCUT2D eigenvalue weighted by Crippen LogP contribution is 2.25. The first-order valence-electron chi connectivity index (χ1n) is 6.10. The maximum absolute atomic E-state index is 5.99. The average Bonchev–Trinajstić information content (AvgIpc) is 3.09. The fourth-order valence-electron chi connectivity index (χ4n) is 1.93. The van der Waals surface area contributed by atoms with Crippen LogP contribution in [0.4, 0.5) is 0 Å². The van der Waals surface area contributed by atoms with E-state index in [4.69, 9.17) is 25.6 Å². The van der Waals surface area contributed by atoms with Crippen LogP contribution >= 0.6 is 11.6 Å². The number of ether oxygens (including phenoxy) is 2. The zero-order valence-corrected chi connectivity index (χ0v) is 11.0. The Kier molecular flexibility index (Phi) is 3.66. The largest absolute Gasteiger partial charge is 0.482 e. The van der Waals surface area contributed by atoms with E-state index < -0.39 is 0 Å². The van der Waals surface area contributed by atoms with Crippen molar-refractivity contribution in [3.8, 4) is 5.75 Å². The van der Waals surface area contributed by atoms with Gasteiger partial charge in [-0.3, -0.25) is 0 Å². The molecular formula is C13H13ClN2O3. The van der Waals surface area contributed by atoms with Crippen LogP contribution in [0, 0.1) is 0 Å². The summed E-state index contributed by atoms with van der Waals surface area (Å²) in [6.07, 6.45) is 0.935. The summed E-state index contributed by atoms with van der Waals surface area (Å²) < 4.78 is 16.0. The normalized spacial score (nSPS) is 18.7. The fourth-order valence-corrected chi connectivity index (χ4v) is 2.12. The third kappa shape index (κ3) is 2.88. The molecule has 0 aliphatic carbocycles. The summed E-state index contributed by atoms with van der Waals surface area (Å²) in [5.41, 5.74) is 0. The van der Waals surface area contributed by atoms with Crippen molar-refractivity contribution in [1.29, 1.82) is 0 Å². The smallest absolute Gasteiger partial charge is 0.264 e. The van der Waals surface area contributed by atoms with Crippen molar-refractivity contribution in [2.24, 2.45) is 0 Å². The number of para-hydroxylation sites is 1. The van der Waals surface area contributed by atoms with Gasteiger partial charge in [0.15, 0.2) is 12.4 Å². The molecule has 100 valence electrons. The molecular weight excluding hydrogens is 268 g/mol. The maximum atomic E-state index is 5.99. The minimum absolute atomic E-state index is 0.213. The average molecular weight is 281 g/mol. The van der Waals surface area contributed by atoms with Gasteiger partial charge < -0.3 is 14.0 Å². The molecule has 2 aromatic rings. The Hall–Kier alpha value is -1.59. The molecule has 0 spiro atoms. The number of benzene rings is 1. The first kappa shape index (κ1) is 12.4. The predicted molar refractivity (Wildman–Crippen MR) is 68.3 cm³/mol. The number of hydrogen-bond acceptors (Lipinski definition) is 5. The van der Waals surface area contributed by atoms with Gasteiger partial charge in [-0.1, -0.05) is 28.9 Å². The molecule has 1 atom stereocenters. The Morgan fingerprint density at radius 3 is 3.05 bits per heavy atom. The van der Waals surface area contributed by atoms with Crippen LogP contribution < -0.4 is 4.74 Å². The molecule has 0 N–H and O–H groups in total. The SMILES string of the molecule is Clc1ccccc1OCc1nc([C@@H]2CCOC2)no1. The first-order valence-corrected chi connectivity index (χ1v) is 6.48. The van der Waals surface area contributed by atoms with Crippen LogP contribution in [0.2, 0.25) is 5.02 Å². The number of aromatic nitrogens is 2. The fraction of sp³-hybridized carbons (Fsp3) is 0.385. The number of halogens is 1. The Bertz CT molecular complexity index is 552. The molecule has 0 unspecified atom stereocenters. The van der Waals surface area contributed by atoms with Crippen molar-refractivity contribution in [1.82, 2.24) is 10.1 Å². The second kappa shape index (κ2) is 5.59. The summed E-state index contributed by atoms with van der Waals surface area (Å²) in [7, 11) is 0. The molecule has 1 aliphatic heterocycles. The number of rotatable bonds is 4. The molecule has 1 aromatic heterocycles. The topological polar surface area (TPSA) is 57.4 Å². The van der Waals surface area contributed by atoms with Crippen LogP contribution in [0.5, 0.6) is 5.75 Å². The molecule has 3 rings (SSSR count). The lowest BCUT2D eigenvalue weighted by Crippen LogP contribution is -2.01. The zero-order valence-electron chi connectivity index (χ0n) is 10.2. The first-order chi connectivity index (χ1) is 9.33. The molecule has 6 heteroatoms. The molecule has 1 aromatic carbocycles. The van der Waals surface area contributed by atoms with E-state index in [0.717, 1.165) is 13.0 Å². The Balaban J connectivity index is 1.63. The summed E-state index contributed by atoms with van der Waals surface area (Å²) >= 11 is 5.99. The van der Waals surface area contributed by atoms with Gasteiger partial charge >= 0.3 is 0 Å². The lowest BCUT2D eigenvalue weighted by molar-refractivity contribution is 0.192. The molecule has 1 aliphatic rings. The lowest BCUT2D eigenvalue weighted by Gasteiger charge is -2.04. The minimum Gasteiger partial charge on any atom is -0.482 e. The monoisotopic (exact) mass is 280 g/mol. The molecule has 0 saturated carbocycles. The van der Waals surface area contributed by atoms with E-state index in [2.05, 4.69) is 10.1 Å². The molecule has 19 heavy (non-hydrogen) atoms. The summed E-state index contributed by atoms with van der Waals surface area (Å²) in [6, 6.07) is 7.27. The van der Waals surface area contributed by atoms with Crippen molar-refractivity contribution in [2.75, 3.05) is 13.2 Å². The van der Waals surface area contributed by atoms with Gasteiger partial charge in [0.05, 0.1) is 11.6 Å². The van der Waals surface area contributed by atoms with Gasteiger partial charge in [-0.15, -0.1) is 0 Å². The third-order valence-corrected chi connectivity index (χ3v) is 3.28. The second-order valence-electron chi connectivity index (χ2n) is 4.33. The van der Waals surface area contributed by atoms with E-state index in [1.54, 1.807) is 12.1 Å². The summed E-state index contributed by atoms with van der Waals surface area (Å²) in [4.78, 5) is 4.31. The number of nitrogens with zero attached hydrogens (tertiary/aromatic N) is 2. The second-order valence-corrected chi connectivity index (χ2v) is 4.73. The van der Waals surface area contributed by atoms with Crippen molar-refractivity contribution in [3.63, 3.8) is 0 Å². The molecule has 1 saturated heterocycles. The lowest BCUT2D eigenvalue weighted by atomic mass is 10.1. The van der Waals surface area contributed by atoms with E-state index in [1.165, 1.54) is 0 Å². The van der Waals surface area contributed by atoms with Crippen LogP contribution in [0.3, 0.4) is 0 Å². The van der Waals surface area contributed by atoms with Crippen molar-refractivity contribution >= 4 is 11.6 Å². The zero-order chi connectivity index (χ0) is 13.1. The van der Waals surface area contributed by atoms with E-state index in [1.807, 2.05) is 12.1 Å². The van der Waals surface area contributed by atoms with E-state index in [-0.39, 0.29) is 12.5 Å². The van der Waals surface area contributed by atoms with Gasteiger partial charge in [0, 0.05) is 12.5 Å².